The number of fused-ring (bicyclic) bond motifs is 2. The van der Waals surface area contributed by atoms with E-state index in [-0.39, 0.29) is 29.2 Å². The summed E-state index contributed by atoms with van der Waals surface area (Å²) in [5, 5.41) is 9.97. The van der Waals surface area contributed by atoms with Gasteiger partial charge >= 0.3 is 5.69 Å². The quantitative estimate of drug-likeness (QED) is 0.329. The molecule has 0 spiro atoms. The van der Waals surface area contributed by atoms with E-state index in [2.05, 4.69) is 25.7 Å². The fraction of sp³-hybridized carbons (Fsp3) is 0.167. The first-order chi connectivity index (χ1) is 17.2. The maximum Gasteiger partial charge on any atom is 0.325 e. The molecule has 0 saturated carbocycles. The Morgan fingerprint density at radius 1 is 1.17 bits per heavy atom. The number of benzene rings is 2. The molecule has 0 radical (unpaired) electrons. The summed E-state index contributed by atoms with van der Waals surface area (Å²) >= 11 is 0. The molecule has 36 heavy (non-hydrogen) atoms. The van der Waals surface area contributed by atoms with Gasteiger partial charge in [0.25, 0.3) is 21.5 Å². The molecule has 4 aromatic rings. The van der Waals surface area contributed by atoms with Crippen LogP contribution in [0.25, 0.3) is 10.9 Å². The largest absolute Gasteiger partial charge is 0.358 e. The van der Waals surface area contributed by atoms with E-state index < -0.39 is 27.2 Å². The van der Waals surface area contributed by atoms with Crippen molar-refractivity contribution >= 4 is 32.5 Å². The Morgan fingerprint density at radius 2 is 1.97 bits per heavy atom. The van der Waals surface area contributed by atoms with Crippen LogP contribution in [-0.4, -0.2) is 40.7 Å². The number of hydrogen-bond donors (Lipinski definition) is 4. The fourth-order valence-corrected chi connectivity index (χ4v) is 5.52. The number of H-pyrrole nitrogens is 3. The number of carbonyl (C=O) groups is 1. The lowest BCUT2D eigenvalue weighted by atomic mass is 10.1. The standard InChI is InChI=1S/C24H20N6O5S/c1-13-5-6-19(21-20(13)15(10-25)11-26-21)29-36(34,35)16-4-2-3-14(9-16)23(32)30-8-7-18-17(12-30)22(31)28-24(33)27-18/h2-6,9,11,26,29H,7-8,12H2,1H3,(H2,27,28,31,33). The molecular formula is C24H20N6O5S. The normalized spacial score (nSPS) is 13.3. The lowest BCUT2D eigenvalue weighted by Crippen LogP contribution is -2.41. The minimum absolute atomic E-state index is 0.00902. The maximum atomic E-state index is 13.2. The van der Waals surface area contributed by atoms with E-state index in [1.807, 2.05) is 6.92 Å². The van der Waals surface area contributed by atoms with Gasteiger partial charge in [0.15, 0.2) is 0 Å². The van der Waals surface area contributed by atoms with Crippen molar-refractivity contribution in [2.24, 2.45) is 0 Å². The molecule has 12 heteroatoms. The van der Waals surface area contributed by atoms with E-state index in [1.54, 1.807) is 12.1 Å². The van der Waals surface area contributed by atoms with Crippen molar-refractivity contribution in [3.63, 3.8) is 0 Å². The monoisotopic (exact) mass is 504 g/mol. The zero-order chi connectivity index (χ0) is 25.6. The number of nitrogens with one attached hydrogen (secondary N) is 4. The zero-order valence-electron chi connectivity index (χ0n) is 19.0. The third-order valence-electron chi connectivity index (χ3n) is 6.20. The van der Waals surface area contributed by atoms with Gasteiger partial charge < -0.3 is 14.9 Å². The van der Waals surface area contributed by atoms with Gasteiger partial charge in [0, 0.05) is 35.8 Å². The van der Waals surface area contributed by atoms with Crippen molar-refractivity contribution < 1.29 is 13.2 Å². The van der Waals surface area contributed by atoms with Crippen molar-refractivity contribution in [1.82, 2.24) is 19.9 Å². The van der Waals surface area contributed by atoms with Crippen LogP contribution >= 0.6 is 0 Å². The second-order valence-electron chi connectivity index (χ2n) is 8.47. The van der Waals surface area contributed by atoms with E-state index in [0.29, 0.717) is 34.1 Å². The topological polar surface area (TPSA) is 172 Å². The number of aromatic nitrogens is 3. The van der Waals surface area contributed by atoms with Crippen molar-refractivity contribution in [2.45, 2.75) is 24.8 Å². The van der Waals surface area contributed by atoms with E-state index in [9.17, 15) is 28.1 Å². The molecule has 1 aliphatic rings. The molecule has 0 fully saturated rings. The third kappa shape index (κ3) is 3.95. The second-order valence-corrected chi connectivity index (χ2v) is 10.2. The van der Waals surface area contributed by atoms with Crippen LogP contribution in [0.2, 0.25) is 0 Å². The summed E-state index contributed by atoms with van der Waals surface area (Å²) in [6.45, 7) is 2.08. The molecule has 1 aliphatic heterocycles. The van der Waals surface area contributed by atoms with Crippen LogP contribution in [0.15, 0.2) is 57.1 Å². The van der Waals surface area contributed by atoms with Crippen LogP contribution in [0.3, 0.4) is 0 Å². The summed E-state index contributed by atoms with van der Waals surface area (Å²) in [5.41, 5.74) is 1.76. The first-order valence-electron chi connectivity index (χ1n) is 11.0. The Kier molecular flexibility index (Phi) is 5.49. The second kappa shape index (κ2) is 8.54. The van der Waals surface area contributed by atoms with Crippen LogP contribution in [-0.2, 0) is 23.0 Å². The van der Waals surface area contributed by atoms with Gasteiger partial charge in [-0.05, 0) is 36.8 Å². The van der Waals surface area contributed by atoms with Crippen molar-refractivity contribution in [3.05, 3.63) is 91.4 Å². The van der Waals surface area contributed by atoms with Gasteiger partial charge in [0.2, 0.25) is 0 Å². The Hall–Kier alpha value is -4.63. The molecule has 0 unspecified atom stereocenters. The third-order valence-corrected chi connectivity index (χ3v) is 7.56. The number of nitrogens with zero attached hydrogens (tertiary/aromatic N) is 2. The van der Waals surface area contributed by atoms with Gasteiger partial charge in [-0.1, -0.05) is 12.1 Å². The number of carbonyl (C=O) groups excluding carboxylic acids is 1. The van der Waals surface area contributed by atoms with Crippen molar-refractivity contribution in [1.29, 1.82) is 5.26 Å². The average molecular weight is 505 g/mol. The van der Waals surface area contributed by atoms with Gasteiger partial charge in [-0.3, -0.25) is 19.3 Å². The lowest BCUT2D eigenvalue weighted by molar-refractivity contribution is 0.0732. The molecule has 0 aliphatic carbocycles. The number of sulfonamides is 1. The van der Waals surface area contributed by atoms with Crippen molar-refractivity contribution in [3.8, 4) is 6.07 Å². The van der Waals surface area contributed by atoms with E-state index >= 15 is 0 Å². The molecule has 3 heterocycles. The predicted octanol–water partition coefficient (Wildman–Crippen LogP) is 1.72. The van der Waals surface area contributed by atoms with E-state index in [4.69, 9.17) is 0 Å². The highest BCUT2D eigenvalue weighted by molar-refractivity contribution is 7.92. The minimum atomic E-state index is -4.08. The first kappa shape index (κ1) is 23.1. The highest BCUT2D eigenvalue weighted by Gasteiger charge is 2.26. The molecule has 0 saturated heterocycles. The number of aryl methyl sites for hydroxylation is 1. The van der Waals surface area contributed by atoms with E-state index in [0.717, 1.165) is 5.56 Å². The SMILES string of the molecule is Cc1ccc(NS(=O)(=O)c2cccc(C(=O)N3CCc4[nH]c(=O)[nH]c(=O)c4C3)c2)c2[nH]cc(C#N)c12. The number of nitriles is 1. The molecule has 2 aromatic heterocycles. The first-order valence-corrected chi connectivity index (χ1v) is 12.4. The smallest absolute Gasteiger partial charge is 0.325 e. The Balaban J connectivity index is 1.43. The Labute approximate surface area is 204 Å². The van der Waals surface area contributed by atoms with Crippen LogP contribution < -0.4 is 16.0 Å². The molecule has 5 rings (SSSR count). The van der Waals surface area contributed by atoms with Crippen molar-refractivity contribution in [2.75, 3.05) is 11.3 Å². The summed E-state index contributed by atoms with van der Waals surface area (Å²) in [7, 11) is -4.08. The Bertz CT molecular complexity index is 1810. The number of amides is 1. The van der Waals surface area contributed by atoms with Crippen LogP contribution in [0, 0.1) is 18.3 Å². The molecule has 2 aromatic carbocycles. The van der Waals surface area contributed by atoms with Crippen LogP contribution in [0.4, 0.5) is 5.69 Å². The number of hydrogen-bond acceptors (Lipinski definition) is 6. The van der Waals surface area contributed by atoms with E-state index in [1.165, 1.54) is 35.4 Å². The summed E-state index contributed by atoms with van der Waals surface area (Å²) in [5.74, 6) is -0.441. The molecule has 1 amide bonds. The number of aromatic amines is 3. The molecule has 0 bridgehead atoms. The summed E-state index contributed by atoms with van der Waals surface area (Å²) in [4.78, 5) is 45.8. The van der Waals surface area contributed by atoms with Gasteiger partial charge in [-0.15, -0.1) is 0 Å². The van der Waals surface area contributed by atoms with Crippen LogP contribution in [0.1, 0.15) is 32.7 Å². The predicted molar refractivity (Wildman–Crippen MR) is 131 cm³/mol. The minimum Gasteiger partial charge on any atom is -0.358 e. The highest BCUT2D eigenvalue weighted by Crippen LogP contribution is 2.30. The van der Waals surface area contributed by atoms with Gasteiger partial charge in [-0.25, -0.2) is 13.2 Å². The highest BCUT2D eigenvalue weighted by atomic mass is 32.2. The fourth-order valence-electron chi connectivity index (χ4n) is 4.41. The van der Waals surface area contributed by atoms with Gasteiger partial charge in [0.1, 0.15) is 6.07 Å². The number of rotatable bonds is 4. The summed E-state index contributed by atoms with van der Waals surface area (Å²) in [6.07, 6.45) is 1.82. The number of anilines is 1. The maximum absolute atomic E-state index is 13.2. The summed E-state index contributed by atoms with van der Waals surface area (Å²) in [6, 6.07) is 11.0. The zero-order valence-corrected chi connectivity index (χ0v) is 19.8. The Morgan fingerprint density at radius 3 is 2.75 bits per heavy atom. The molecule has 0 atom stereocenters. The van der Waals surface area contributed by atoms with Gasteiger partial charge in [0.05, 0.1) is 33.8 Å². The molecular weight excluding hydrogens is 484 g/mol. The molecule has 11 nitrogen and oxygen atoms in total. The average Bonchev–Trinajstić information content (AvgIpc) is 3.31. The molecule has 182 valence electrons. The molecule has 4 N–H and O–H groups in total. The lowest BCUT2D eigenvalue weighted by Gasteiger charge is -2.28. The van der Waals surface area contributed by atoms with Crippen LogP contribution in [0.5, 0.6) is 0 Å². The summed E-state index contributed by atoms with van der Waals surface area (Å²) < 4.78 is 28.9. The van der Waals surface area contributed by atoms with Gasteiger partial charge in [-0.2, -0.15) is 5.26 Å².